The van der Waals surface area contributed by atoms with E-state index in [1.165, 1.54) is 6.92 Å². The zero-order valence-electron chi connectivity index (χ0n) is 21.4. The molecule has 3 aromatic rings. The summed E-state index contributed by atoms with van der Waals surface area (Å²) >= 11 is 0. The van der Waals surface area contributed by atoms with E-state index in [-0.39, 0.29) is 31.1 Å². The van der Waals surface area contributed by atoms with Gasteiger partial charge < -0.3 is 15.5 Å². The average molecular weight is 525 g/mol. The van der Waals surface area contributed by atoms with Crippen molar-refractivity contribution in [2.75, 3.05) is 13.1 Å². The first-order valence-corrected chi connectivity index (χ1v) is 12.4. The Morgan fingerprint density at radius 1 is 1.18 bits per heavy atom. The Labute approximate surface area is 219 Å². The van der Waals surface area contributed by atoms with Crippen LogP contribution in [0.4, 0.5) is 8.78 Å². The molecule has 9 nitrogen and oxygen atoms in total. The van der Waals surface area contributed by atoms with Gasteiger partial charge in [-0.3, -0.25) is 19.5 Å². The summed E-state index contributed by atoms with van der Waals surface area (Å²) < 4.78 is 29.3. The monoisotopic (exact) mass is 524 g/mol. The molecule has 3 heterocycles. The van der Waals surface area contributed by atoms with Crippen LogP contribution >= 0.6 is 0 Å². The van der Waals surface area contributed by atoms with Crippen LogP contribution in [0.5, 0.6) is 0 Å². The first-order chi connectivity index (χ1) is 18.1. The van der Waals surface area contributed by atoms with Crippen molar-refractivity contribution in [1.29, 1.82) is 0 Å². The highest BCUT2D eigenvalue weighted by atomic mass is 19.1. The van der Waals surface area contributed by atoms with Crippen LogP contribution in [0, 0.1) is 5.95 Å². The maximum absolute atomic E-state index is 14.9. The molecule has 0 radical (unpaired) electrons. The molecule has 1 fully saturated rings. The fourth-order valence-electron chi connectivity index (χ4n) is 4.53. The predicted octanol–water partition coefficient (Wildman–Crippen LogP) is 3.01. The number of likely N-dealkylation sites (tertiary alicyclic amines) is 1. The van der Waals surface area contributed by atoms with Crippen molar-refractivity contribution in [2.24, 2.45) is 0 Å². The molecule has 38 heavy (non-hydrogen) atoms. The van der Waals surface area contributed by atoms with Gasteiger partial charge in [-0.25, -0.2) is 9.37 Å². The molecule has 1 aliphatic rings. The Balaban J connectivity index is 1.67. The highest BCUT2D eigenvalue weighted by Crippen LogP contribution is 2.29. The molecule has 3 atom stereocenters. The van der Waals surface area contributed by atoms with Gasteiger partial charge in [0, 0.05) is 25.1 Å². The first-order valence-electron chi connectivity index (χ1n) is 12.4. The summed E-state index contributed by atoms with van der Waals surface area (Å²) in [6, 6.07) is 10.3. The van der Waals surface area contributed by atoms with Crippen molar-refractivity contribution in [3.63, 3.8) is 0 Å². The van der Waals surface area contributed by atoms with Crippen LogP contribution in [-0.4, -0.2) is 63.1 Å². The third kappa shape index (κ3) is 6.04. The number of carbonyl (C=O) groups is 3. The van der Waals surface area contributed by atoms with Gasteiger partial charge in [0.25, 0.3) is 0 Å². The number of aromatic amines is 1. The van der Waals surface area contributed by atoms with E-state index in [2.05, 4.69) is 25.8 Å². The molecule has 0 bridgehead atoms. The molecule has 2 aromatic heterocycles. The van der Waals surface area contributed by atoms with E-state index >= 15 is 0 Å². The molecule has 0 aliphatic carbocycles. The largest absolute Gasteiger partial charge is 0.347 e. The number of rotatable bonds is 8. The van der Waals surface area contributed by atoms with Crippen LogP contribution < -0.4 is 10.6 Å². The van der Waals surface area contributed by atoms with Crippen molar-refractivity contribution in [3.8, 4) is 11.3 Å². The van der Waals surface area contributed by atoms with Crippen LogP contribution in [0.1, 0.15) is 56.0 Å². The van der Waals surface area contributed by atoms with Crippen LogP contribution in [-0.2, 0) is 14.4 Å². The molecular weight excluding hydrogens is 494 g/mol. The summed E-state index contributed by atoms with van der Waals surface area (Å²) in [5, 5.41) is 12.1. The Morgan fingerprint density at radius 3 is 2.63 bits per heavy atom. The standard InChI is InChI=1S/C27H30F2N6O3/c1-15(2)20-7-8-22(32-26(20)29)25(18-6-4-5-17(11-18)21-9-10-31-34-21)33-27(38)23-12-19(28)14-35(23)24(37)13-30-16(3)36/h4-11,15,19,23,25H,12-14H2,1-3H3,(H,30,36)(H,31,34)(H,33,38)/t19-,23+,25+/m1/s1. The van der Waals surface area contributed by atoms with Crippen molar-refractivity contribution >= 4 is 17.7 Å². The maximum atomic E-state index is 14.9. The molecule has 3 N–H and O–H groups in total. The predicted molar refractivity (Wildman–Crippen MR) is 136 cm³/mol. The summed E-state index contributed by atoms with van der Waals surface area (Å²) in [5.41, 5.74) is 2.84. The number of H-pyrrole nitrogens is 1. The summed E-state index contributed by atoms with van der Waals surface area (Å²) in [6.45, 7) is 4.37. The van der Waals surface area contributed by atoms with Gasteiger partial charge in [-0.05, 0) is 35.2 Å². The van der Waals surface area contributed by atoms with Crippen LogP contribution in [0.15, 0.2) is 48.7 Å². The molecule has 3 amide bonds. The van der Waals surface area contributed by atoms with Crippen molar-refractivity contribution in [3.05, 3.63) is 71.4 Å². The third-order valence-electron chi connectivity index (χ3n) is 6.50. The van der Waals surface area contributed by atoms with E-state index in [1.54, 1.807) is 36.5 Å². The van der Waals surface area contributed by atoms with Crippen molar-refractivity contribution in [2.45, 2.75) is 51.4 Å². The van der Waals surface area contributed by atoms with E-state index in [4.69, 9.17) is 0 Å². The van der Waals surface area contributed by atoms with Crippen LogP contribution in [0.3, 0.4) is 0 Å². The van der Waals surface area contributed by atoms with Gasteiger partial charge in [0.15, 0.2) is 0 Å². The van der Waals surface area contributed by atoms with Gasteiger partial charge in [-0.15, -0.1) is 0 Å². The zero-order valence-corrected chi connectivity index (χ0v) is 21.4. The summed E-state index contributed by atoms with van der Waals surface area (Å²) in [7, 11) is 0. The lowest BCUT2D eigenvalue weighted by molar-refractivity contribution is -0.138. The molecule has 1 saturated heterocycles. The smallest absolute Gasteiger partial charge is 0.243 e. The minimum atomic E-state index is -1.39. The Morgan fingerprint density at radius 2 is 1.97 bits per heavy atom. The van der Waals surface area contributed by atoms with E-state index in [1.807, 2.05) is 26.0 Å². The van der Waals surface area contributed by atoms with E-state index < -0.39 is 41.9 Å². The zero-order chi connectivity index (χ0) is 27.4. The topological polar surface area (TPSA) is 120 Å². The van der Waals surface area contributed by atoms with Crippen LogP contribution in [0.25, 0.3) is 11.3 Å². The molecule has 1 aliphatic heterocycles. The minimum Gasteiger partial charge on any atom is -0.347 e. The maximum Gasteiger partial charge on any atom is 0.243 e. The molecule has 200 valence electrons. The Hall–Kier alpha value is -4.15. The highest BCUT2D eigenvalue weighted by Gasteiger charge is 2.40. The van der Waals surface area contributed by atoms with Crippen molar-refractivity contribution < 1.29 is 23.2 Å². The fraction of sp³-hybridized carbons (Fsp3) is 0.370. The number of alkyl halides is 1. The normalized spacial score (nSPS) is 17.9. The minimum absolute atomic E-state index is 0.0866. The SMILES string of the molecule is CC(=O)NCC(=O)N1C[C@H](F)C[C@H]1C(=O)N[C@@H](c1cccc(-c2ccn[nH]2)c1)c1ccc(C(C)C)c(F)n1. The lowest BCUT2D eigenvalue weighted by Gasteiger charge is -2.27. The second-order valence-electron chi connectivity index (χ2n) is 9.61. The van der Waals surface area contributed by atoms with E-state index in [0.29, 0.717) is 11.1 Å². The lowest BCUT2D eigenvalue weighted by Crippen LogP contribution is -2.49. The van der Waals surface area contributed by atoms with Crippen LogP contribution in [0.2, 0.25) is 0 Å². The van der Waals surface area contributed by atoms with E-state index in [9.17, 15) is 23.2 Å². The number of pyridine rings is 1. The second-order valence-corrected chi connectivity index (χ2v) is 9.61. The number of hydrogen-bond acceptors (Lipinski definition) is 5. The molecule has 0 spiro atoms. The van der Waals surface area contributed by atoms with Gasteiger partial charge in [0.1, 0.15) is 12.2 Å². The van der Waals surface area contributed by atoms with Gasteiger partial charge >= 0.3 is 0 Å². The molecule has 11 heteroatoms. The number of nitrogens with zero attached hydrogens (tertiary/aromatic N) is 3. The average Bonchev–Trinajstić information content (AvgIpc) is 3.56. The van der Waals surface area contributed by atoms with Crippen molar-refractivity contribution in [1.82, 2.24) is 30.7 Å². The number of benzene rings is 1. The van der Waals surface area contributed by atoms with Gasteiger partial charge in [-0.2, -0.15) is 9.49 Å². The Kier molecular flexibility index (Phi) is 8.13. The summed E-state index contributed by atoms with van der Waals surface area (Å²) in [6.07, 6.45) is 0.0326. The first kappa shape index (κ1) is 26.9. The molecular formula is C27H30F2N6O3. The fourth-order valence-corrected chi connectivity index (χ4v) is 4.53. The number of halogens is 2. The van der Waals surface area contributed by atoms with Gasteiger partial charge in [-0.1, -0.05) is 38.1 Å². The number of hydrogen-bond donors (Lipinski definition) is 3. The number of carbonyl (C=O) groups excluding carboxylic acids is 3. The number of aromatic nitrogens is 3. The molecule has 1 aromatic carbocycles. The highest BCUT2D eigenvalue weighted by molar-refractivity contribution is 5.91. The van der Waals surface area contributed by atoms with E-state index in [0.717, 1.165) is 16.2 Å². The summed E-state index contributed by atoms with van der Waals surface area (Å²) in [4.78, 5) is 42.6. The van der Waals surface area contributed by atoms with Gasteiger partial charge in [0.05, 0.1) is 30.5 Å². The quantitative estimate of drug-likeness (QED) is 0.392. The molecule has 4 rings (SSSR count). The lowest BCUT2D eigenvalue weighted by atomic mass is 9.97. The third-order valence-corrected chi connectivity index (χ3v) is 6.50. The molecule has 0 unspecified atom stereocenters. The number of amides is 3. The van der Waals surface area contributed by atoms with Gasteiger partial charge in [0.2, 0.25) is 23.7 Å². The summed E-state index contributed by atoms with van der Waals surface area (Å²) in [5.74, 6) is -2.31. The second kappa shape index (κ2) is 11.5. The Bertz CT molecular complexity index is 1310. The number of nitrogens with one attached hydrogen (secondary N) is 3. The molecule has 0 saturated carbocycles.